The van der Waals surface area contributed by atoms with Crippen LogP contribution in [0.2, 0.25) is 0 Å². The van der Waals surface area contributed by atoms with Crippen LogP contribution in [0.3, 0.4) is 0 Å². The van der Waals surface area contributed by atoms with E-state index in [4.69, 9.17) is 0 Å². The first kappa shape index (κ1) is 15.6. The van der Waals surface area contributed by atoms with Gasteiger partial charge in [-0.25, -0.2) is 4.68 Å². The average Bonchev–Trinajstić information content (AvgIpc) is 3.21. The van der Waals surface area contributed by atoms with Crippen molar-refractivity contribution in [3.05, 3.63) is 75.7 Å². The minimum Gasteiger partial charge on any atom is -0.253 e. The summed E-state index contributed by atoms with van der Waals surface area (Å²) in [6.45, 7) is 6.51. The third-order valence-corrected chi connectivity index (χ3v) is 4.81. The summed E-state index contributed by atoms with van der Waals surface area (Å²) in [5, 5.41) is 8.83. The van der Waals surface area contributed by atoms with Crippen LogP contribution >= 0.6 is 22.7 Å². The van der Waals surface area contributed by atoms with Crippen LogP contribution in [0.15, 0.2) is 75.5 Å². The van der Waals surface area contributed by atoms with Crippen LogP contribution in [0.4, 0.5) is 0 Å². The van der Waals surface area contributed by atoms with Gasteiger partial charge in [-0.05, 0) is 23.9 Å². The molecule has 3 rings (SSSR count). The number of hydrogen-bond donors (Lipinski definition) is 0. The molecule has 116 valence electrons. The molecular formula is C18H17N3S2. The van der Waals surface area contributed by atoms with Crippen molar-refractivity contribution in [3.8, 4) is 10.6 Å². The lowest BCUT2D eigenvalue weighted by molar-refractivity contribution is 0.837. The predicted molar refractivity (Wildman–Crippen MR) is 100 cm³/mol. The normalized spacial score (nSPS) is 12.1. The van der Waals surface area contributed by atoms with Crippen LogP contribution in [0.25, 0.3) is 10.6 Å². The van der Waals surface area contributed by atoms with Crippen LogP contribution in [-0.2, 0) is 0 Å². The number of hydrogen-bond acceptors (Lipinski definition) is 4. The van der Waals surface area contributed by atoms with E-state index in [1.54, 1.807) is 22.7 Å². The van der Waals surface area contributed by atoms with E-state index in [-0.39, 0.29) is 0 Å². The molecule has 0 unspecified atom stereocenters. The van der Waals surface area contributed by atoms with E-state index in [2.05, 4.69) is 33.5 Å². The van der Waals surface area contributed by atoms with Crippen molar-refractivity contribution in [1.82, 2.24) is 4.68 Å². The molecule has 0 aliphatic heterocycles. The third kappa shape index (κ3) is 3.94. The van der Waals surface area contributed by atoms with E-state index in [0.717, 1.165) is 21.6 Å². The van der Waals surface area contributed by atoms with Crippen molar-refractivity contribution in [2.45, 2.75) is 6.92 Å². The largest absolute Gasteiger partial charge is 0.253 e. The van der Waals surface area contributed by atoms with Crippen LogP contribution in [0.1, 0.15) is 12.5 Å². The van der Waals surface area contributed by atoms with Gasteiger partial charge in [-0.3, -0.25) is 4.99 Å². The Morgan fingerprint density at radius 2 is 2.00 bits per heavy atom. The zero-order valence-electron chi connectivity index (χ0n) is 12.8. The summed E-state index contributed by atoms with van der Waals surface area (Å²) in [7, 11) is 0. The lowest BCUT2D eigenvalue weighted by Crippen LogP contribution is -2.12. The summed E-state index contributed by atoms with van der Waals surface area (Å²) in [5.74, 6) is 0. The second-order valence-corrected chi connectivity index (χ2v) is 6.91. The summed E-state index contributed by atoms with van der Waals surface area (Å²) in [6.07, 6.45) is 1.86. The van der Waals surface area contributed by atoms with Gasteiger partial charge in [0.2, 0.25) is 4.80 Å². The fourth-order valence-electron chi connectivity index (χ4n) is 1.98. The van der Waals surface area contributed by atoms with E-state index >= 15 is 0 Å². The fourth-order valence-corrected chi connectivity index (χ4v) is 3.61. The number of thiazole rings is 1. The van der Waals surface area contributed by atoms with Crippen molar-refractivity contribution in [2.75, 3.05) is 6.54 Å². The molecule has 0 saturated carbocycles. The van der Waals surface area contributed by atoms with Gasteiger partial charge in [0, 0.05) is 5.38 Å². The molecule has 2 aromatic heterocycles. The smallest absolute Gasteiger partial charge is 0.206 e. The minimum atomic E-state index is 0.616. The lowest BCUT2D eigenvalue weighted by atomic mass is 10.2. The van der Waals surface area contributed by atoms with E-state index in [0.29, 0.717) is 6.54 Å². The van der Waals surface area contributed by atoms with Crippen LogP contribution in [-0.4, -0.2) is 17.4 Å². The first-order valence-corrected chi connectivity index (χ1v) is 8.98. The summed E-state index contributed by atoms with van der Waals surface area (Å²) < 4.78 is 1.91. The molecule has 0 bridgehead atoms. The summed E-state index contributed by atoms with van der Waals surface area (Å²) in [5.41, 5.74) is 3.17. The van der Waals surface area contributed by atoms with Crippen molar-refractivity contribution in [3.63, 3.8) is 0 Å². The summed E-state index contributed by atoms with van der Waals surface area (Å²) in [6, 6.07) is 14.2. The van der Waals surface area contributed by atoms with Crippen LogP contribution in [0, 0.1) is 0 Å². The second-order valence-electron chi connectivity index (χ2n) is 5.12. The van der Waals surface area contributed by atoms with Gasteiger partial charge < -0.3 is 0 Å². The maximum atomic E-state index is 4.66. The second kappa shape index (κ2) is 7.35. The van der Waals surface area contributed by atoms with Gasteiger partial charge in [0.25, 0.3) is 0 Å². The Morgan fingerprint density at radius 3 is 2.70 bits per heavy atom. The van der Waals surface area contributed by atoms with Gasteiger partial charge in [0.1, 0.15) is 0 Å². The molecule has 5 heteroatoms. The van der Waals surface area contributed by atoms with E-state index in [9.17, 15) is 0 Å². The summed E-state index contributed by atoms with van der Waals surface area (Å²) >= 11 is 3.30. The van der Waals surface area contributed by atoms with Crippen LogP contribution in [0.5, 0.6) is 0 Å². The molecule has 0 aliphatic carbocycles. The van der Waals surface area contributed by atoms with E-state index in [1.807, 2.05) is 54.2 Å². The SMILES string of the molecule is C=C(C)CN=c1scc(-c2cccs2)n1N=Cc1ccccc1. The maximum Gasteiger partial charge on any atom is 0.206 e. The molecule has 0 radical (unpaired) electrons. The maximum absolute atomic E-state index is 4.66. The number of nitrogens with zero attached hydrogens (tertiary/aromatic N) is 3. The molecule has 3 nitrogen and oxygen atoms in total. The molecule has 0 fully saturated rings. The molecule has 0 aliphatic rings. The van der Waals surface area contributed by atoms with Gasteiger partial charge >= 0.3 is 0 Å². The molecule has 0 spiro atoms. The zero-order valence-corrected chi connectivity index (χ0v) is 14.5. The quantitative estimate of drug-likeness (QED) is 0.479. The minimum absolute atomic E-state index is 0.616. The highest BCUT2D eigenvalue weighted by Crippen LogP contribution is 2.25. The topological polar surface area (TPSA) is 29.6 Å². The summed E-state index contributed by atoms with van der Waals surface area (Å²) in [4.78, 5) is 6.68. The highest BCUT2D eigenvalue weighted by Gasteiger charge is 2.08. The molecular weight excluding hydrogens is 322 g/mol. The highest BCUT2D eigenvalue weighted by molar-refractivity contribution is 7.14. The highest BCUT2D eigenvalue weighted by atomic mass is 32.1. The van der Waals surface area contributed by atoms with Crippen molar-refractivity contribution < 1.29 is 0 Å². The molecule has 3 aromatic rings. The molecule has 0 amide bonds. The number of rotatable bonds is 5. The van der Waals surface area contributed by atoms with Gasteiger partial charge in [-0.1, -0.05) is 48.6 Å². The van der Waals surface area contributed by atoms with Crippen LogP contribution < -0.4 is 4.80 Å². The number of thiophene rings is 1. The Hall–Kier alpha value is -2.24. The number of aromatic nitrogens is 1. The Labute approximate surface area is 143 Å². The van der Waals surface area contributed by atoms with E-state index < -0.39 is 0 Å². The molecule has 0 N–H and O–H groups in total. The monoisotopic (exact) mass is 339 g/mol. The first-order chi connectivity index (χ1) is 11.2. The number of benzene rings is 1. The molecule has 1 aromatic carbocycles. The van der Waals surface area contributed by atoms with Gasteiger partial charge in [0.15, 0.2) is 0 Å². The molecule has 23 heavy (non-hydrogen) atoms. The average molecular weight is 339 g/mol. The van der Waals surface area contributed by atoms with Gasteiger partial charge in [-0.2, -0.15) is 5.10 Å². The standard InChI is InChI=1S/C18H17N3S2/c1-14(2)11-19-18-21(20-12-15-7-4-3-5-8-15)16(13-23-18)17-9-6-10-22-17/h3-10,12-13H,1,11H2,2H3. The van der Waals surface area contributed by atoms with Crippen molar-refractivity contribution in [2.24, 2.45) is 10.1 Å². The van der Waals surface area contributed by atoms with E-state index in [1.165, 1.54) is 4.88 Å². The first-order valence-electron chi connectivity index (χ1n) is 7.23. The Balaban J connectivity index is 2.04. The Kier molecular flexibility index (Phi) is 5.00. The lowest BCUT2D eigenvalue weighted by Gasteiger charge is -2.01. The van der Waals surface area contributed by atoms with Crippen molar-refractivity contribution in [1.29, 1.82) is 0 Å². The van der Waals surface area contributed by atoms with Gasteiger partial charge in [0.05, 0.1) is 23.3 Å². The third-order valence-electron chi connectivity index (χ3n) is 3.07. The predicted octanol–water partition coefficient (Wildman–Crippen LogP) is 4.64. The molecule has 2 heterocycles. The molecule has 0 atom stereocenters. The van der Waals surface area contributed by atoms with Gasteiger partial charge in [-0.15, -0.1) is 22.7 Å². The zero-order chi connectivity index (χ0) is 16.1. The Bertz CT molecular complexity index is 869. The van der Waals surface area contributed by atoms with Crippen molar-refractivity contribution >= 4 is 28.9 Å². The fraction of sp³-hybridized carbons (Fsp3) is 0.111. The molecule has 0 saturated heterocycles. The Morgan fingerprint density at radius 1 is 1.17 bits per heavy atom.